The summed E-state index contributed by atoms with van der Waals surface area (Å²) in [6.45, 7) is 2.49. The monoisotopic (exact) mass is 242 g/mol. The molecule has 2 N–H and O–H groups in total. The minimum absolute atomic E-state index is 0.0578. The lowest BCUT2D eigenvalue weighted by Crippen LogP contribution is -2.33. The summed E-state index contributed by atoms with van der Waals surface area (Å²) in [7, 11) is -2.41. The smallest absolute Gasteiger partial charge is 0.212 e. The Morgan fingerprint density at radius 1 is 1.29 bits per heavy atom. The highest BCUT2D eigenvalue weighted by atomic mass is 32.2. The zero-order valence-electron chi connectivity index (χ0n) is 8.58. The van der Waals surface area contributed by atoms with Gasteiger partial charge < -0.3 is 5.32 Å². The van der Waals surface area contributed by atoms with Crippen LogP contribution in [0.3, 0.4) is 0 Å². The average Bonchev–Trinajstić information content (AvgIpc) is 2.14. The van der Waals surface area contributed by atoms with Gasteiger partial charge in [-0.15, -0.1) is 0 Å². The van der Waals surface area contributed by atoms with Crippen LogP contribution in [0.2, 0.25) is 0 Å². The van der Waals surface area contributed by atoms with Crippen LogP contribution in [-0.2, 0) is 20.8 Å². The van der Waals surface area contributed by atoms with Crippen molar-refractivity contribution in [2.75, 3.05) is 37.4 Å². The van der Waals surface area contributed by atoms with Crippen LogP contribution in [0.5, 0.6) is 0 Å². The van der Waals surface area contributed by atoms with Gasteiger partial charge in [0.1, 0.15) is 0 Å². The van der Waals surface area contributed by atoms with E-state index in [1.54, 1.807) is 7.05 Å². The van der Waals surface area contributed by atoms with Crippen LogP contribution in [0.4, 0.5) is 0 Å². The Kier molecular flexibility index (Phi) is 7.34. The van der Waals surface area contributed by atoms with Crippen molar-refractivity contribution in [3.05, 3.63) is 0 Å². The molecular formula is C7H18N2O3S2. The lowest BCUT2D eigenvalue weighted by Gasteiger charge is -2.05. The van der Waals surface area contributed by atoms with Gasteiger partial charge in [0.25, 0.3) is 0 Å². The molecule has 1 unspecified atom stereocenters. The number of sulfonamides is 1. The Morgan fingerprint density at radius 3 is 2.43 bits per heavy atom. The van der Waals surface area contributed by atoms with Crippen LogP contribution in [0.25, 0.3) is 0 Å². The molecule has 1 atom stereocenters. The van der Waals surface area contributed by atoms with E-state index in [0.717, 1.165) is 0 Å². The maximum Gasteiger partial charge on any atom is 0.212 e. The van der Waals surface area contributed by atoms with Gasteiger partial charge in [0.2, 0.25) is 10.0 Å². The molecule has 0 amide bonds. The van der Waals surface area contributed by atoms with E-state index >= 15 is 0 Å². The second-order valence-corrected chi connectivity index (χ2v) is 6.54. The quantitative estimate of drug-likeness (QED) is 0.566. The number of nitrogens with one attached hydrogen (secondary N) is 2. The van der Waals surface area contributed by atoms with Crippen molar-refractivity contribution in [2.24, 2.45) is 0 Å². The highest BCUT2D eigenvalue weighted by molar-refractivity contribution is 7.89. The highest BCUT2D eigenvalue weighted by Gasteiger charge is 2.08. The molecule has 0 spiro atoms. The summed E-state index contributed by atoms with van der Waals surface area (Å²) >= 11 is 0. The zero-order chi connectivity index (χ0) is 11.0. The predicted molar refractivity (Wildman–Crippen MR) is 59.3 cm³/mol. The number of rotatable bonds is 8. The molecule has 7 heteroatoms. The van der Waals surface area contributed by atoms with Gasteiger partial charge in [-0.2, -0.15) is 0 Å². The fourth-order valence-corrected chi connectivity index (χ4v) is 2.54. The van der Waals surface area contributed by atoms with Crippen LogP contribution in [0.15, 0.2) is 0 Å². The predicted octanol–water partition coefficient (Wildman–Crippen LogP) is -1.11. The van der Waals surface area contributed by atoms with E-state index < -0.39 is 20.8 Å². The normalized spacial score (nSPS) is 14.1. The lowest BCUT2D eigenvalue weighted by atomic mass is 10.8. The lowest BCUT2D eigenvalue weighted by molar-refractivity contribution is 0.581. The molecule has 0 heterocycles. The maximum absolute atomic E-state index is 11.2. The van der Waals surface area contributed by atoms with Gasteiger partial charge in [0.15, 0.2) is 0 Å². The third-order valence-electron chi connectivity index (χ3n) is 1.59. The Labute approximate surface area is 88.2 Å². The van der Waals surface area contributed by atoms with Gasteiger partial charge in [-0.25, -0.2) is 13.1 Å². The molecule has 86 valence electrons. The SMILES string of the molecule is CCS(=O)CCNS(=O)(=O)CCNC. The molecule has 5 nitrogen and oxygen atoms in total. The van der Waals surface area contributed by atoms with E-state index in [1.165, 1.54) is 0 Å². The van der Waals surface area contributed by atoms with Crippen molar-refractivity contribution >= 4 is 20.8 Å². The summed E-state index contributed by atoms with van der Waals surface area (Å²) in [5.41, 5.74) is 0. The fraction of sp³-hybridized carbons (Fsp3) is 1.00. The Balaban J connectivity index is 3.71. The van der Waals surface area contributed by atoms with Gasteiger partial charge in [-0.05, 0) is 7.05 Å². The molecule has 0 saturated carbocycles. The van der Waals surface area contributed by atoms with Crippen LogP contribution < -0.4 is 10.0 Å². The first-order valence-corrected chi connectivity index (χ1v) is 7.62. The van der Waals surface area contributed by atoms with Gasteiger partial charge in [-0.3, -0.25) is 4.21 Å². The first-order valence-electron chi connectivity index (χ1n) is 4.48. The minimum atomic E-state index is -3.19. The summed E-state index contributed by atoms with van der Waals surface area (Å²) in [6, 6.07) is 0. The summed E-state index contributed by atoms with van der Waals surface area (Å²) in [5.74, 6) is 1.01. The molecule has 0 radical (unpaired) electrons. The number of hydrogen-bond donors (Lipinski definition) is 2. The molecular weight excluding hydrogens is 224 g/mol. The highest BCUT2D eigenvalue weighted by Crippen LogP contribution is 1.84. The maximum atomic E-state index is 11.2. The molecule has 0 aromatic carbocycles. The number of hydrogen-bond acceptors (Lipinski definition) is 4. The van der Waals surface area contributed by atoms with Crippen LogP contribution in [0, 0.1) is 0 Å². The van der Waals surface area contributed by atoms with Crippen molar-refractivity contribution in [3.8, 4) is 0 Å². The Morgan fingerprint density at radius 2 is 1.93 bits per heavy atom. The van der Waals surface area contributed by atoms with Gasteiger partial charge in [0, 0.05) is 35.4 Å². The van der Waals surface area contributed by atoms with Crippen molar-refractivity contribution < 1.29 is 12.6 Å². The van der Waals surface area contributed by atoms with Gasteiger partial charge in [-0.1, -0.05) is 6.92 Å². The first kappa shape index (κ1) is 14.0. The molecule has 0 aromatic heterocycles. The molecule has 0 aliphatic carbocycles. The van der Waals surface area contributed by atoms with Gasteiger partial charge in [0.05, 0.1) is 5.75 Å². The topological polar surface area (TPSA) is 75.3 Å². The van der Waals surface area contributed by atoms with Crippen LogP contribution >= 0.6 is 0 Å². The van der Waals surface area contributed by atoms with Crippen molar-refractivity contribution in [1.29, 1.82) is 0 Å². The van der Waals surface area contributed by atoms with Crippen molar-refractivity contribution in [3.63, 3.8) is 0 Å². The minimum Gasteiger partial charge on any atom is -0.319 e. The molecule has 0 aliphatic heterocycles. The van der Waals surface area contributed by atoms with Crippen LogP contribution in [0.1, 0.15) is 6.92 Å². The Bertz CT molecular complexity index is 264. The second kappa shape index (κ2) is 7.33. The van der Waals surface area contributed by atoms with Crippen LogP contribution in [-0.4, -0.2) is 50.0 Å². The van der Waals surface area contributed by atoms with E-state index in [4.69, 9.17) is 0 Å². The van der Waals surface area contributed by atoms with E-state index in [0.29, 0.717) is 18.1 Å². The summed E-state index contributed by atoms with van der Waals surface area (Å²) in [6.07, 6.45) is 0. The van der Waals surface area contributed by atoms with E-state index in [-0.39, 0.29) is 12.3 Å². The van der Waals surface area contributed by atoms with E-state index in [9.17, 15) is 12.6 Å². The van der Waals surface area contributed by atoms with E-state index in [1.807, 2.05) is 6.92 Å². The zero-order valence-corrected chi connectivity index (χ0v) is 10.2. The molecule has 0 aliphatic rings. The Hall–Kier alpha value is 0.0200. The fourth-order valence-electron chi connectivity index (χ4n) is 0.764. The second-order valence-electron chi connectivity index (χ2n) is 2.75. The molecule has 0 aromatic rings. The third-order valence-corrected chi connectivity index (χ3v) is 4.28. The van der Waals surface area contributed by atoms with E-state index in [2.05, 4.69) is 10.0 Å². The summed E-state index contributed by atoms with van der Waals surface area (Å²) in [4.78, 5) is 0. The average molecular weight is 242 g/mol. The standard InChI is InChI=1S/C7H18N2O3S2/c1-3-13(10)6-4-9-14(11,12)7-5-8-2/h8-9H,3-7H2,1-2H3. The summed E-state index contributed by atoms with van der Waals surface area (Å²) < 4.78 is 35.8. The first-order chi connectivity index (χ1) is 6.52. The molecule has 0 fully saturated rings. The molecule has 14 heavy (non-hydrogen) atoms. The largest absolute Gasteiger partial charge is 0.319 e. The van der Waals surface area contributed by atoms with Crippen molar-refractivity contribution in [1.82, 2.24) is 10.0 Å². The van der Waals surface area contributed by atoms with Crippen molar-refractivity contribution in [2.45, 2.75) is 6.92 Å². The van der Waals surface area contributed by atoms with Gasteiger partial charge >= 0.3 is 0 Å². The molecule has 0 bridgehead atoms. The molecule has 0 rings (SSSR count). The third kappa shape index (κ3) is 7.43. The summed E-state index contributed by atoms with van der Waals surface area (Å²) in [5, 5.41) is 2.76. The molecule has 0 saturated heterocycles.